The van der Waals surface area contributed by atoms with Gasteiger partial charge in [-0.15, -0.1) is 23.1 Å². The number of likely N-dealkylation sites (N-methyl/N-ethyl adjacent to an activating group) is 1. The molecule has 4 rings (SSSR count). The van der Waals surface area contributed by atoms with Crippen molar-refractivity contribution in [2.45, 2.75) is 30.2 Å². The van der Waals surface area contributed by atoms with Gasteiger partial charge in [0.05, 0.1) is 29.2 Å². The third kappa shape index (κ3) is 5.00. The summed E-state index contributed by atoms with van der Waals surface area (Å²) >= 11 is 3.55. The molecule has 2 aromatic carbocycles. The average Bonchev–Trinajstić information content (AvgIpc) is 3.19. The van der Waals surface area contributed by atoms with Crippen LogP contribution < -0.4 is 4.90 Å². The molecule has 1 aliphatic rings. The number of para-hydroxylation sites is 1. The van der Waals surface area contributed by atoms with Gasteiger partial charge in [-0.2, -0.15) is 0 Å². The summed E-state index contributed by atoms with van der Waals surface area (Å²) in [4.78, 5) is 22.2. The van der Waals surface area contributed by atoms with Crippen LogP contribution in [0.2, 0.25) is 0 Å². The largest absolute Gasteiger partial charge is 0.337 e. The number of piperidine rings is 1. The molecule has 2 heterocycles. The van der Waals surface area contributed by atoms with Crippen molar-refractivity contribution in [1.82, 2.24) is 9.88 Å². The Morgan fingerprint density at radius 3 is 2.79 bits per heavy atom. The van der Waals surface area contributed by atoms with E-state index >= 15 is 0 Å². The van der Waals surface area contributed by atoms with Crippen LogP contribution >= 0.6 is 23.1 Å². The summed E-state index contributed by atoms with van der Waals surface area (Å²) in [7, 11) is 1.92. The summed E-state index contributed by atoms with van der Waals surface area (Å²) in [5.41, 5.74) is 2.28. The minimum absolute atomic E-state index is 0.221. The Kier molecular flexibility index (Phi) is 6.53. The molecule has 1 fully saturated rings. The van der Waals surface area contributed by atoms with Crippen molar-refractivity contribution in [1.29, 1.82) is 0 Å². The van der Waals surface area contributed by atoms with Crippen molar-refractivity contribution < 1.29 is 9.69 Å². The lowest BCUT2D eigenvalue weighted by Gasteiger charge is -2.29. The van der Waals surface area contributed by atoms with Crippen LogP contribution in [-0.4, -0.2) is 48.7 Å². The van der Waals surface area contributed by atoms with Crippen LogP contribution in [0.5, 0.6) is 0 Å². The molecular formula is C23H28N3OS2+. The number of quaternary nitrogens is 1. The number of benzene rings is 2. The van der Waals surface area contributed by atoms with Crippen LogP contribution in [0.25, 0.3) is 10.2 Å². The van der Waals surface area contributed by atoms with Crippen LogP contribution in [0.3, 0.4) is 0 Å². The zero-order chi connectivity index (χ0) is 20.2. The molecule has 0 spiro atoms. The first-order valence-electron chi connectivity index (χ1n) is 10.2. The molecule has 3 aromatic rings. The van der Waals surface area contributed by atoms with E-state index in [0.717, 1.165) is 25.0 Å². The van der Waals surface area contributed by atoms with Gasteiger partial charge in [-0.1, -0.05) is 24.3 Å². The van der Waals surface area contributed by atoms with Crippen LogP contribution in [0.1, 0.15) is 29.3 Å². The number of thioether (sulfide) groups is 1. The van der Waals surface area contributed by atoms with Gasteiger partial charge in [0, 0.05) is 18.5 Å². The van der Waals surface area contributed by atoms with E-state index in [1.54, 1.807) is 11.8 Å². The number of likely N-dealkylation sites (tertiary alicyclic amines) is 1. The quantitative estimate of drug-likeness (QED) is 0.614. The van der Waals surface area contributed by atoms with Gasteiger partial charge < -0.3 is 9.80 Å². The molecule has 0 aliphatic carbocycles. The summed E-state index contributed by atoms with van der Waals surface area (Å²) < 4.78 is 1.26. The lowest BCUT2D eigenvalue weighted by molar-refractivity contribution is -0.898. The Hall–Kier alpha value is -1.89. The molecule has 1 saturated heterocycles. The molecule has 1 unspecified atom stereocenters. The molecule has 0 saturated carbocycles. The highest BCUT2D eigenvalue weighted by Crippen LogP contribution is 2.30. The minimum atomic E-state index is 0.221. The predicted molar refractivity (Wildman–Crippen MR) is 122 cm³/mol. The van der Waals surface area contributed by atoms with Gasteiger partial charge in [-0.25, -0.2) is 4.98 Å². The van der Waals surface area contributed by atoms with E-state index in [4.69, 9.17) is 4.98 Å². The van der Waals surface area contributed by atoms with Crippen LogP contribution in [0.4, 0.5) is 0 Å². The maximum Gasteiger partial charge on any atom is 0.277 e. The zero-order valence-corrected chi connectivity index (χ0v) is 18.7. The first kappa shape index (κ1) is 20.4. The lowest BCUT2D eigenvalue weighted by Crippen LogP contribution is -3.14. The summed E-state index contributed by atoms with van der Waals surface area (Å²) in [6.07, 6.45) is 4.41. The van der Waals surface area contributed by atoms with Crippen LogP contribution in [0, 0.1) is 0 Å². The number of rotatable bonds is 6. The molecule has 6 heteroatoms. The van der Waals surface area contributed by atoms with Gasteiger partial charge in [0.25, 0.3) is 5.91 Å². The highest BCUT2D eigenvalue weighted by atomic mass is 32.2. The maximum absolute atomic E-state index is 12.8. The highest BCUT2D eigenvalue weighted by Gasteiger charge is 2.29. The van der Waals surface area contributed by atoms with E-state index < -0.39 is 0 Å². The van der Waals surface area contributed by atoms with Gasteiger partial charge in [-0.3, -0.25) is 4.79 Å². The first-order valence-corrected chi connectivity index (χ1v) is 12.2. The molecule has 0 radical (unpaired) electrons. The number of carbonyl (C=O) groups excluding carboxylic acids is 1. The Morgan fingerprint density at radius 2 is 2.03 bits per heavy atom. The standard InChI is InChI=1S/C23H27N3OS2/c1-25(14-17-9-11-19(28-2)12-10-17)22(27)16-26-13-5-6-18(15-26)23-24-20-7-3-4-8-21(20)29-23/h3-4,7-12,18H,5-6,13-16H2,1-2H3/p+1/t18-/m0/s1. The number of hydrogen-bond donors (Lipinski definition) is 1. The number of thiazole rings is 1. The van der Waals surface area contributed by atoms with Crippen LogP contribution in [0.15, 0.2) is 53.4 Å². The number of carbonyl (C=O) groups is 1. The zero-order valence-electron chi connectivity index (χ0n) is 17.1. The molecule has 2 atom stereocenters. The Morgan fingerprint density at radius 1 is 1.24 bits per heavy atom. The molecule has 1 amide bonds. The lowest BCUT2D eigenvalue weighted by atomic mass is 9.98. The van der Waals surface area contributed by atoms with Crippen molar-refractivity contribution in [2.75, 3.05) is 32.9 Å². The normalized spacial score (nSPS) is 19.4. The monoisotopic (exact) mass is 426 g/mol. The second-order valence-electron chi connectivity index (χ2n) is 7.84. The predicted octanol–water partition coefficient (Wildman–Crippen LogP) is 3.44. The molecule has 1 aromatic heterocycles. The summed E-state index contributed by atoms with van der Waals surface area (Å²) in [6, 6.07) is 16.8. The van der Waals surface area contributed by atoms with Crippen molar-refractivity contribution in [3.8, 4) is 0 Å². The Balaban J connectivity index is 1.34. The molecule has 4 nitrogen and oxygen atoms in total. The van der Waals surface area contributed by atoms with Gasteiger partial charge >= 0.3 is 0 Å². The molecule has 152 valence electrons. The SMILES string of the molecule is CSc1ccc(CN(C)C(=O)C[NH+]2CCC[C@H](c3nc4ccccc4s3)C2)cc1. The number of fused-ring (bicyclic) bond motifs is 1. The second kappa shape index (κ2) is 9.28. The summed E-state index contributed by atoms with van der Waals surface area (Å²) in [5.74, 6) is 0.687. The molecule has 1 N–H and O–H groups in total. The fourth-order valence-electron chi connectivity index (χ4n) is 4.03. The topological polar surface area (TPSA) is 37.6 Å². The molecular weight excluding hydrogens is 398 g/mol. The van der Waals surface area contributed by atoms with Crippen molar-refractivity contribution in [2.24, 2.45) is 0 Å². The van der Waals surface area contributed by atoms with Gasteiger partial charge in [0.15, 0.2) is 6.54 Å². The third-order valence-corrected chi connectivity index (χ3v) is 7.63. The van der Waals surface area contributed by atoms with E-state index in [0.29, 0.717) is 19.0 Å². The number of nitrogens with one attached hydrogen (secondary N) is 1. The van der Waals surface area contributed by atoms with Gasteiger partial charge in [0.1, 0.15) is 5.01 Å². The van der Waals surface area contributed by atoms with E-state index in [2.05, 4.69) is 48.7 Å². The first-order chi connectivity index (χ1) is 14.1. The molecule has 0 bridgehead atoms. The summed E-state index contributed by atoms with van der Waals surface area (Å²) in [5, 5.41) is 1.23. The van der Waals surface area contributed by atoms with E-state index in [-0.39, 0.29) is 5.91 Å². The number of amides is 1. The Bertz CT molecular complexity index is 937. The van der Waals surface area contributed by atoms with Crippen molar-refractivity contribution in [3.63, 3.8) is 0 Å². The van der Waals surface area contributed by atoms with Crippen molar-refractivity contribution >= 4 is 39.2 Å². The van der Waals surface area contributed by atoms with Gasteiger partial charge in [0.2, 0.25) is 0 Å². The van der Waals surface area contributed by atoms with E-state index in [1.165, 1.54) is 31.5 Å². The maximum atomic E-state index is 12.8. The number of hydrogen-bond acceptors (Lipinski definition) is 4. The van der Waals surface area contributed by atoms with Crippen molar-refractivity contribution in [3.05, 3.63) is 59.1 Å². The Labute approximate surface area is 180 Å². The van der Waals surface area contributed by atoms with Gasteiger partial charge in [-0.05, 0) is 48.9 Å². The summed E-state index contributed by atoms with van der Waals surface area (Å²) in [6.45, 7) is 3.31. The molecule has 29 heavy (non-hydrogen) atoms. The number of nitrogens with zero attached hydrogens (tertiary/aromatic N) is 2. The fourth-order valence-corrected chi connectivity index (χ4v) is 5.54. The van der Waals surface area contributed by atoms with E-state index in [9.17, 15) is 4.79 Å². The third-order valence-electron chi connectivity index (χ3n) is 5.68. The highest BCUT2D eigenvalue weighted by molar-refractivity contribution is 7.98. The molecule has 1 aliphatic heterocycles. The number of aromatic nitrogens is 1. The minimum Gasteiger partial charge on any atom is -0.337 e. The average molecular weight is 427 g/mol. The van der Waals surface area contributed by atoms with E-state index in [1.807, 2.05) is 29.4 Å². The smallest absolute Gasteiger partial charge is 0.277 e. The van der Waals surface area contributed by atoms with Crippen LogP contribution in [-0.2, 0) is 11.3 Å². The second-order valence-corrected chi connectivity index (χ2v) is 9.78. The fraction of sp³-hybridized carbons (Fsp3) is 0.391.